The normalized spacial score (nSPS) is 21.4. The SMILES string of the molecule is CC(C)(C)C#CCN1CC[C@H](CC(=O)O)C[C@@H]1c1ccc(C(F)(F)F)cc1. The average molecular weight is 381 g/mol. The number of hydrogen-bond acceptors (Lipinski definition) is 2. The molecule has 6 heteroatoms. The van der Waals surface area contributed by atoms with E-state index in [1.165, 1.54) is 12.1 Å². The zero-order chi connectivity index (χ0) is 20.2. The summed E-state index contributed by atoms with van der Waals surface area (Å²) in [4.78, 5) is 13.2. The van der Waals surface area contributed by atoms with Gasteiger partial charge < -0.3 is 5.11 Å². The molecule has 0 aromatic heterocycles. The number of likely N-dealkylation sites (tertiary alicyclic amines) is 1. The molecule has 0 aliphatic carbocycles. The summed E-state index contributed by atoms with van der Waals surface area (Å²) in [5, 5.41) is 9.08. The summed E-state index contributed by atoms with van der Waals surface area (Å²) in [7, 11) is 0. The highest BCUT2D eigenvalue weighted by atomic mass is 19.4. The summed E-state index contributed by atoms with van der Waals surface area (Å²) in [5.74, 6) is 5.52. The van der Waals surface area contributed by atoms with E-state index in [1.807, 2.05) is 20.8 Å². The van der Waals surface area contributed by atoms with Crippen LogP contribution in [-0.4, -0.2) is 29.1 Å². The number of alkyl halides is 3. The van der Waals surface area contributed by atoms with E-state index in [0.29, 0.717) is 19.5 Å². The summed E-state index contributed by atoms with van der Waals surface area (Å²) in [6.07, 6.45) is -2.93. The number of aliphatic carboxylic acids is 1. The van der Waals surface area contributed by atoms with Crippen molar-refractivity contribution in [1.82, 2.24) is 4.90 Å². The maximum Gasteiger partial charge on any atom is 0.416 e. The van der Waals surface area contributed by atoms with Gasteiger partial charge in [0.25, 0.3) is 0 Å². The Morgan fingerprint density at radius 1 is 1.22 bits per heavy atom. The van der Waals surface area contributed by atoms with Crippen LogP contribution in [0, 0.1) is 23.2 Å². The topological polar surface area (TPSA) is 40.5 Å². The van der Waals surface area contributed by atoms with Gasteiger partial charge in [-0.2, -0.15) is 13.2 Å². The first kappa shape index (κ1) is 21.3. The molecular formula is C21H26F3NO2. The van der Waals surface area contributed by atoms with Crippen LogP contribution in [0.5, 0.6) is 0 Å². The number of nitrogens with zero attached hydrogens (tertiary/aromatic N) is 1. The fourth-order valence-electron chi connectivity index (χ4n) is 3.36. The number of halogens is 3. The summed E-state index contributed by atoms with van der Waals surface area (Å²) in [6, 6.07) is 5.06. The Labute approximate surface area is 158 Å². The predicted molar refractivity (Wildman–Crippen MR) is 98.0 cm³/mol. The van der Waals surface area contributed by atoms with Gasteiger partial charge in [0.2, 0.25) is 0 Å². The largest absolute Gasteiger partial charge is 0.481 e. The van der Waals surface area contributed by atoms with Crippen molar-refractivity contribution in [1.29, 1.82) is 0 Å². The van der Waals surface area contributed by atoms with Crippen LogP contribution in [0.3, 0.4) is 0 Å². The second kappa shape index (κ2) is 8.35. The third-order valence-electron chi connectivity index (χ3n) is 4.65. The second-order valence-electron chi connectivity index (χ2n) is 8.15. The lowest BCUT2D eigenvalue weighted by Crippen LogP contribution is -2.37. The average Bonchev–Trinajstić information content (AvgIpc) is 2.53. The number of piperidine rings is 1. The molecule has 1 saturated heterocycles. The molecule has 1 aliphatic rings. The number of hydrogen-bond donors (Lipinski definition) is 1. The molecule has 1 fully saturated rings. The molecular weight excluding hydrogens is 355 g/mol. The molecule has 0 amide bonds. The molecule has 1 aromatic carbocycles. The molecule has 27 heavy (non-hydrogen) atoms. The fraction of sp³-hybridized carbons (Fsp3) is 0.571. The maximum absolute atomic E-state index is 12.8. The van der Waals surface area contributed by atoms with Gasteiger partial charge in [-0.15, -0.1) is 0 Å². The highest BCUT2D eigenvalue weighted by Gasteiger charge is 2.33. The summed E-state index contributed by atoms with van der Waals surface area (Å²) < 4.78 is 38.5. The van der Waals surface area contributed by atoms with Gasteiger partial charge in [0.15, 0.2) is 0 Å². The Hall–Kier alpha value is -2.00. The van der Waals surface area contributed by atoms with E-state index < -0.39 is 17.7 Å². The van der Waals surface area contributed by atoms with Gasteiger partial charge in [0.1, 0.15) is 0 Å². The van der Waals surface area contributed by atoms with E-state index in [0.717, 1.165) is 24.1 Å². The van der Waals surface area contributed by atoms with E-state index >= 15 is 0 Å². The zero-order valence-electron chi connectivity index (χ0n) is 15.9. The van der Waals surface area contributed by atoms with Crippen molar-refractivity contribution >= 4 is 5.97 Å². The maximum atomic E-state index is 12.8. The Bertz CT molecular complexity index is 708. The smallest absolute Gasteiger partial charge is 0.416 e. The third kappa shape index (κ3) is 6.59. The molecule has 1 aromatic rings. The number of carboxylic acid groups (broad SMARTS) is 1. The molecule has 1 aliphatic heterocycles. The van der Waals surface area contributed by atoms with Crippen LogP contribution in [0.2, 0.25) is 0 Å². The number of carboxylic acids is 1. The van der Waals surface area contributed by atoms with Gasteiger partial charge >= 0.3 is 12.1 Å². The molecule has 148 valence electrons. The van der Waals surface area contributed by atoms with Gasteiger partial charge in [0, 0.05) is 17.9 Å². The molecule has 1 heterocycles. The van der Waals surface area contributed by atoms with Crippen molar-refractivity contribution in [2.45, 2.75) is 52.3 Å². The highest BCUT2D eigenvalue weighted by molar-refractivity contribution is 5.67. The van der Waals surface area contributed by atoms with Crippen molar-refractivity contribution in [2.24, 2.45) is 11.3 Å². The van der Waals surface area contributed by atoms with Crippen molar-refractivity contribution in [3.8, 4) is 11.8 Å². The van der Waals surface area contributed by atoms with Gasteiger partial charge in [-0.3, -0.25) is 9.69 Å². The first-order chi connectivity index (χ1) is 12.5. The highest BCUT2D eigenvalue weighted by Crippen LogP contribution is 2.37. The summed E-state index contributed by atoms with van der Waals surface area (Å²) in [5.41, 5.74) is -0.0234. The lowest BCUT2D eigenvalue weighted by molar-refractivity contribution is -0.139. The van der Waals surface area contributed by atoms with E-state index in [1.54, 1.807) is 0 Å². The lowest BCUT2D eigenvalue weighted by atomic mass is 9.85. The quantitative estimate of drug-likeness (QED) is 0.748. The van der Waals surface area contributed by atoms with Crippen LogP contribution in [0.15, 0.2) is 24.3 Å². The fourth-order valence-corrected chi connectivity index (χ4v) is 3.36. The van der Waals surface area contributed by atoms with E-state index in [9.17, 15) is 18.0 Å². The number of carbonyl (C=O) groups is 1. The third-order valence-corrected chi connectivity index (χ3v) is 4.65. The van der Waals surface area contributed by atoms with Crippen LogP contribution in [0.1, 0.15) is 57.2 Å². The summed E-state index contributed by atoms with van der Waals surface area (Å²) >= 11 is 0. The first-order valence-corrected chi connectivity index (χ1v) is 9.09. The van der Waals surface area contributed by atoms with Crippen molar-refractivity contribution < 1.29 is 23.1 Å². The zero-order valence-corrected chi connectivity index (χ0v) is 15.9. The minimum atomic E-state index is -4.37. The van der Waals surface area contributed by atoms with Crippen LogP contribution in [0.4, 0.5) is 13.2 Å². The number of rotatable bonds is 4. The minimum absolute atomic E-state index is 0.0154. The molecule has 0 radical (unpaired) electrons. The van der Waals surface area contributed by atoms with E-state index in [4.69, 9.17) is 5.11 Å². The van der Waals surface area contributed by atoms with Crippen LogP contribution in [0.25, 0.3) is 0 Å². The van der Waals surface area contributed by atoms with E-state index in [-0.39, 0.29) is 23.8 Å². The number of benzene rings is 1. The summed E-state index contributed by atoms with van der Waals surface area (Å²) in [6.45, 7) is 7.26. The van der Waals surface area contributed by atoms with Crippen LogP contribution in [-0.2, 0) is 11.0 Å². The molecule has 0 spiro atoms. The lowest BCUT2D eigenvalue weighted by Gasteiger charge is -2.38. The van der Waals surface area contributed by atoms with E-state index in [2.05, 4.69) is 16.7 Å². The van der Waals surface area contributed by atoms with Gasteiger partial charge in [-0.25, -0.2) is 0 Å². The van der Waals surface area contributed by atoms with Gasteiger partial charge in [-0.05, 0) is 63.8 Å². The molecule has 1 N–H and O–H groups in total. The Balaban J connectivity index is 2.22. The molecule has 0 bridgehead atoms. The molecule has 2 rings (SSSR count). The van der Waals surface area contributed by atoms with Crippen molar-refractivity contribution in [3.05, 3.63) is 35.4 Å². The van der Waals surface area contributed by atoms with Crippen molar-refractivity contribution in [3.63, 3.8) is 0 Å². The molecule has 2 atom stereocenters. The molecule has 3 nitrogen and oxygen atoms in total. The van der Waals surface area contributed by atoms with Crippen LogP contribution < -0.4 is 0 Å². The van der Waals surface area contributed by atoms with Gasteiger partial charge in [0.05, 0.1) is 12.1 Å². The van der Waals surface area contributed by atoms with Crippen molar-refractivity contribution in [2.75, 3.05) is 13.1 Å². The Morgan fingerprint density at radius 3 is 2.37 bits per heavy atom. The predicted octanol–water partition coefficient (Wildman–Crippen LogP) is 4.98. The standard InChI is InChI=1S/C21H26F3NO2/c1-20(2,3)10-4-11-25-12-9-15(14-19(26)27)13-18(25)16-5-7-17(8-6-16)21(22,23)24/h5-8,15,18H,9,11-14H2,1-3H3,(H,26,27)/t15-,18+/m0/s1. The monoisotopic (exact) mass is 381 g/mol. The Kier molecular flexibility index (Phi) is 6.59. The second-order valence-corrected chi connectivity index (χ2v) is 8.15. The minimum Gasteiger partial charge on any atom is -0.481 e. The first-order valence-electron chi connectivity index (χ1n) is 9.09. The molecule has 0 unspecified atom stereocenters. The van der Waals surface area contributed by atoms with Gasteiger partial charge in [-0.1, -0.05) is 24.0 Å². The van der Waals surface area contributed by atoms with Crippen LogP contribution >= 0.6 is 0 Å². The Morgan fingerprint density at radius 2 is 1.85 bits per heavy atom. The molecule has 0 saturated carbocycles.